The number of benzene rings is 3. The van der Waals surface area contributed by atoms with Crippen molar-refractivity contribution in [3.05, 3.63) is 69.8 Å². The van der Waals surface area contributed by atoms with E-state index in [1.807, 2.05) is 18.7 Å². The Morgan fingerprint density at radius 3 is 1.13 bits per heavy atom. The summed E-state index contributed by atoms with van der Waals surface area (Å²) in [6.07, 6.45) is -13.8. The van der Waals surface area contributed by atoms with E-state index in [0.717, 1.165) is 0 Å². The number of esters is 3. The largest absolute Gasteiger partial charge is 0.493 e. The van der Waals surface area contributed by atoms with Gasteiger partial charge in [-0.3, -0.25) is 29.1 Å². The van der Waals surface area contributed by atoms with Crippen molar-refractivity contribution in [3.63, 3.8) is 0 Å². The topological polar surface area (TPSA) is 222 Å². The molecule has 18 heteroatoms. The number of nitrogens with zero attached hydrogens (tertiary/aromatic N) is 3. The first-order valence-electron chi connectivity index (χ1n) is 49.0. The van der Waals surface area contributed by atoms with Gasteiger partial charge in [0.2, 0.25) is 0 Å². The molecule has 3 saturated heterocycles. The third-order valence-electron chi connectivity index (χ3n) is 15.8. The van der Waals surface area contributed by atoms with Crippen LogP contribution in [-0.2, 0) is 47.9 Å². The molecule has 9 unspecified atom stereocenters. The lowest BCUT2D eigenvalue weighted by atomic mass is 9.79. The van der Waals surface area contributed by atoms with Gasteiger partial charge in [0.1, 0.15) is 36.4 Å². The van der Waals surface area contributed by atoms with Crippen molar-refractivity contribution in [3.8, 4) is 34.5 Å². The van der Waals surface area contributed by atoms with Crippen molar-refractivity contribution < 1.29 is 110 Å². The first kappa shape index (κ1) is 35.2. The molecule has 504 valence electrons. The molecule has 9 rings (SSSR count). The molecule has 12 atom stereocenters. The lowest BCUT2D eigenvalue weighted by Gasteiger charge is -2.47. The van der Waals surface area contributed by atoms with Crippen molar-refractivity contribution in [1.82, 2.24) is 14.7 Å². The van der Waals surface area contributed by atoms with E-state index >= 15 is 0 Å². The maximum Gasteiger partial charge on any atom is 0.323 e. The van der Waals surface area contributed by atoms with Crippen molar-refractivity contribution in [2.45, 2.75) is 195 Å². The number of ether oxygens (including phenoxy) is 9. The molecule has 6 aliphatic heterocycles. The Kier molecular flexibility index (Phi) is 12.7. The summed E-state index contributed by atoms with van der Waals surface area (Å²) < 4.78 is 370. The molecular formula is C72H114N6O12. The highest BCUT2D eigenvalue weighted by molar-refractivity contribution is 5.77. The Hall–Kier alpha value is -5.37. The molecular weight excluding hydrogens is 1140 g/mol. The maximum atomic E-state index is 13.6. The zero-order chi connectivity index (χ0) is 99.8. The average Bonchev–Trinajstić information content (AvgIpc) is 0.686. The highest BCUT2D eigenvalue weighted by Gasteiger charge is 2.45. The summed E-state index contributed by atoms with van der Waals surface area (Å²) in [6, 6.07) is -6.22. The number of fused-ring (bicyclic) bond motifs is 9. The van der Waals surface area contributed by atoms with Crippen LogP contribution >= 0.6 is 0 Å². The molecule has 6 aliphatic rings. The maximum absolute atomic E-state index is 13.6. The van der Waals surface area contributed by atoms with Crippen LogP contribution in [0.5, 0.6) is 34.5 Å². The molecule has 0 radical (unpaired) electrons. The minimum atomic E-state index is -3.93. The van der Waals surface area contributed by atoms with E-state index in [4.69, 9.17) is 102 Å². The van der Waals surface area contributed by atoms with Crippen LogP contribution in [0.4, 0.5) is 0 Å². The van der Waals surface area contributed by atoms with Crippen molar-refractivity contribution >= 4 is 17.9 Å². The number of carbonyl (C=O) groups excluding carboxylic acids is 3. The molecule has 3 aromatic rings. The molecule has 90 heavy (non-hydrogen) atoms. The molecule has 0 aromatic heterocycles. The molecule has 18 nitrogen and oxygen atoms in total. The number of nitrogens with two attached hydrogens (primary N) is 3. The zero-order valence-corrected chi connectivity index (χ0v) is 52.8. The number of carbonyl (C=O) groups is 3. The fourth-order valence-corrected chi connectivity index (χ4v) is 11.6. The molecule has 3 fully saturated rings. The summed E-state index contributed by atoms with van der Waals surface area (Å²) in [4.78, 5) is 44.8. The van der Waals surface area contributed by atoms with Gasteiger partial charge in [-0.05, 0) is 144 Å². The third kappa shape index (κ3) is 17.5. The second-order valence-corrected chi connectivity index (χ2v) is 23.6. The van der Waals surface area contributed by atoms with E-state index < -0.39 is 200 Å². The predicted octanol–water partition coefficient (Wildman–Crippen LogP) is 10.7. The number of hydrogen-bond acceptors (Lipinski definition) is 18. The summed E-state index contributed by atoms with van der Waals surface area (Å²) in [6.45, 7) is -17.2. The molecule has 3 aromatic carbocycles. The van der Waals surface area contributed by atoms with Crippen LogP contribution in [0.2, 0.25) is 0 Å². The molecule has 0 bridgehead atoms. The lowest BCUT2D eigenvalue weighted by Crippen LogP contribution is -2.51. The van der Waals surface area contributed by atoms with Crippen LogP contribution in [0.1, 0.15) is 226 Å². The van der Waals surface area contributed by atoms with Crippen LogP contribution < -0.4 is 45.6 Å². The van der Waals surface area contributed by atoms with Gasteiger partial charge in [0, 0.05) is 139 Å². The zero-order valence-electron chi connectivity index (χ0n) is 91.8. The van der Waals surface area contributed by atoms with Gasteiger partial charge < -0.3 is 59.8 Å². The summed E-state index contributed by atoms with van der Waals surface area (Å²) in [5.41, 5.74) is 19.9. The van der Waals surface area contributed by atoms with Crippen molar-refractivity contribution in [2.75, 3.05) is 81.8 Å². The van der Waals surface area contributed by atoms with Gasteiger partial charge in [-0.1, -0.05) is 82.7 Å². The van der Waals surface area contributed by atoms with Gasteiger partial charge in [0.25, 0.3) is 0 Å². The Labute approximate surface area is 594 Å². The van der Waals surface area contributed by atoms with Crippen LogP contribution in [0.25, 0.3) is 0 Å². The van der Waals surface area contributed by atoms with E-state index in [0.29, 0.717) is 53.1 Å². The van der Waals surface area contributed by atoms with Gasteiger partial charge >= 0.3 is 17.9 Å². The number of rotatable bonds is 21. The van der Waals surface area contributed by atoms with E-state index in [1.165, 1.54) is 69.6 Å². The Balaban J connectivity index is 0.000000265. The summed E-state index contributed by atoms with van der Waals surface area (Å²) in [7, 11) is 4.08. The number of hydrogen-bond donors (Lipinski definition) is 3. The van der Waals surface area contributed by atoms with Gasteiger partial charge in [-0.25, -0.2) is 0 Å². The van der Waals surface area contributed by atoms with Crippen molar-refractivity contribution in [1.29, 1.82) is 0 Å². The Bertz CT molecular complexity index is 4320. The molecule has 0 aliphatic carbocycles. The third-order valence-corrected chi connectivity index (χ3v) is 15.8. The highest BCUT2D eigenvalue weighted by Crippen LogP contribution is 2.48. The van der Waals surface area contributed by atoms with Gasteiger partial charge in [0.15, 0.2) is 34.5 Å². The highest BCUT2D eigenvalue weighted by atomic mass is 16.6. The van der Waals surface area contributed by atoms with Crippen LogP contribution in [0.15, 0.2) is 36.4 Å². The summed E-state index contributed by atoms with van der Waals surface area (Å²) in [5.74, 6) is -23.3. The fraction of sp³-hybridized carbons (Fsp3) is 0.708. The van der Waals surface area contributed by atoms with E-state index in [1.54, 1.807) is 39.8 Å². The van der Waals surface area contributed by atoms with Gasteiger partial charge in [-0.2, -0.15) is 0 Å². The minimum Gasteiger partial charge on any atom is -0.493 e. The van der Waals surface area contributed by atoms with E-state index in [9.17, 15) is 25.3 Å². The number of piperidine rings is 3. The monoisotopic (exact) mass is 1290 g/mol. The molecule has 6 N–H and O–H groups in total. The Morgan fingerprint density at radius 1 is 0.489 bits per heavy atom. The smallest absolute Gasteiger partial charge is 0.323 e. The molecule has 0 amide bonds. The standard InChI is InChI=1S/3C24H38N2O4/c3*1-14(2)9-17-13-26-8-7-16-10-21(28-5)22(29-6)11-18(16)19(26)12-20(17)30-24(27)23(25)15(3)4/h3*10-11,14-15,17,19-20,23H,7-9,12-13,25H2,1-6H3/t3*17?,19?,20?,23-/m000/s1/i2*3D3,4D3,12D2,13D2,15D,17D,23D;3D3,4D3,5D3,12D2,15D,23D. The normalized spacial score (nSPS) is 38.1. The fourth-order valence-electron chi connectivity index (χ4n) is 11.6. The van der Waals surface area contributed by atoms with Crippen LogP contribution in [-0.4, -0.2) is 151 Å². The second kappa shape index (κ2) is 32.5. The van der Waals surface area contributed by atoms with Gasteiger partial charge in [0.05, 0.1) is 50.8 Å². The first-order valence-corrected chi connectivity index (χ1v) is 29.5. The van der Waals surface area contributed by atoms with E-state index in [2.05, 4.69) is 0 Å². The molecule has 6 heterocycles. The molecule has 0 saturated carbocycles. The minimum absolute atomic E-state index is 0.00559. The van der Waals surface area contributed by atoms with E-state index in [-0.39, 0.29) is 85.4 Å². The molecule has 0 spiro atoms. The quantitative estimate of drug-likeness (QED) is 0.0666. The first-order chi connectivity index (χ1) is 57.8. The lowest BCUT2D eigenvalue weighted by molar-refractivity contribution is -0.161. The summed E-state index contributed by atoms with van der Waals surface area (Å²) in [5, 5.41) is 0. The second-order valence-electron chi connectivity index (χ2n) is 23.6. The van der Waals surface area contributed by atoms with Crippen LogP contribution in [0, 0.1) is 53.1 Å². The predicted molar refractivity (Wildman–Crippen MR) is 353 cm³/mol. The summed E-state index contributed by atoms with van der Waals surface area (Å²) >= 11 is 0. The average molecular weight is 1290 g/mol. The Morgan fingerprint density at radius 2 is 0.800 bits per heavy atom. The number of methoxy groups -OCH3 is 6. The van der Waals surface area contributed by atoms with Crippen LogP contribution in [0.3, 0.4) is 0 Å². The SMILES string of the molecule is [2H]C([2H])([2H])Oc1cc2c(cc1OC)C1N(CC2)CC(CC(C)C)C(OC(=O)[C@@]([2H])(N)C([2H])(C([2H])([2H])[2H])C([2H])([2H])[2H])C1([2H])[2H].[2H]C1([2H])C2c3cc(OC)c(OC)cc3CCN2C([2H])([2H])C([2H])(CC(C)C)C1OC(=O)[C@@]([2H])(N)C([2H])(C([2H])([2H])[2H])C([2H])([2H])[2H].[2H]C1([2H])C2c3cc(OC)c(OC)cc3CCN2C([2H])([2H])C([2H])(CC(C)C)C1OC(=O)[C@@]([2H])(N)C([2H])(C([2H])([2H])[2H])C([2H])([2H])[2H]. The van der Waals surface area contributed by atoms with Gasteiger partial charge in [-0.15, -0.1) is 0 Å². The van der Waals surface area contributed by atoms with Crippen molar-refractivity contribution in [2.24, 2.45) is 70.3 Å².